The van der Waals surface area contributed by atoms with E-state index in [1.165, 1.54) is 19.3 Å². The molecule has 0 saturated heterocycles. The van der Waals surface area contributed by atoms with Crippen LogP contribution < -0.4 is 5.32 Å². The van der Waals surface area contributed by atoms with Crippen LogP contribution in [0.4, 0.5) is 0 Å². The molecular formula is C14H25NO3. The Morgan fingerprint density at radius 1 is 1.17 bits per heavy atom. The molecule has 104 valence electrons. The summed E-state index contributed by atoms with van der Waals surface area (Å²) in [5.41, 5.74) is 0. The number of ether oxygens (including phenoxy) is 1. The Labute approximate surface area is 109 Å². The van der Waals surface area contributed by atoms with Gasteiger partial charge >= 0.3 is 5.97 Å². The lowest BCUT2D eigenvalue weighted by molar-refractivity contribution is -0.144. The van der Waals surface area contributed by atoms with Crippen molar-refractivity contribution in [1.82, 2.24) is 5.32 Å². The second-order valence-corrected chi connectivity index (χ2v) is 5.18. The van der Waals surface area contributed by atoms with Crippen LogP contribution >= 0.6 is 0 Å². The fourth-order valence-corrected chi connectivity index (χ4v) is 2.38. The summed E-state index contributed by atoms with van der Waals surface area (Å²) in [6.07, 6.45) is 6.18. The molecule has 1 aliphatic carbocycles. The van der Waals surface area contributed by atoms with Gasteiger partial charge in [0.2, 0.25) is 5.91 Å². The summed E-state index contributed by atoms with van der Waals surface area (Å²) in [7, 11) is 0. The van der Waals surface area contributed by atoms with Crippen molar-refractivity contribution < 1.29 is 14.3 Å². The first-order valence-electron chi connectivity index (χ1n) is 7.06. The largest absolute Gasteiger partial charge is 0.466 e. The highest BCUT2D eigenvalue weighted by Gasteiger charge is 2.18. The van der Waals surface area contributed by atoms with Crippen LogP contribution in [0, 0.1) is 5.92 Å². The third kappa shape index (κ3) is 6.03. The first kappa shape index (κ1) is 15.0. The minimum atomic E-state index is -0.290. The summed E-state index contributed by atoms with van der Waals surface area (Å²) in [4.78, 5) is 22.8. The number of hydrogen-bond donors (Lipinski definition) is 1. The molecule has 1 saturated carbocycles. The van der Waals surface area contributed by atoms with Gasteiger partial charge in [-0.2, -0.15) is 0 Å². The molecule has 2 atom stereocenters. The first-order chi connectivity index (χ1) is 8.61. The molecule has 1 aliphatic rings. The van der Waals surface area contributed by atoms with Gasteiger partial charge in [0.15, 0.2) is 0 Å². The lowest BCUT2D eigenvalue weighted by Crippen LogP contribution is -2.34. The van der Waals surface area contributed by atoms with Crippen LogP contribution in [0.25, 0.3) is 0 Å². The van der Waals surface area contributed by atoms with Crippen molar-refractivity contribution in [2.45, 2.75) is 64.8 Å². The van der Waals surface area contributed by atoms with E-state index in [1.807, 2.05) is 0 Å². The molecule has 1 amide bonds. The molecule has 1 rings (SSSR count). The topological polar surface area (TPSA) is 55.4 Å². The van der Waals surface area contributed by atoms with E-state index < -0.39 is 0 Å². The van der Waals surface area contributed by atoms with E-state index in [1.54, 1.807) is 6.92 Å². The molecule has 18 heavy (non-hydrogen) atoms. The van der Waals surface area contributed by atoms with Gasteiger partial charge in [-0.3, -0.25) is 9.59 Å². The van der Waals surface area contributed by atoms with Crippen molar-refractivity contribution in [2.24, 2.45) is 5.92 Å². The normalized spacial score (nSPS) is 24.1. The van der Waals surface area contributed by atoms with Crippen molar-refractivity contribution in [3.63, 3.8) is 0 Å². The molecular weight excluding hydrogens is 230 g/mol. The molecule has 0 aromatic heterocycles. The zero-order chi connectivity index (χ0) is 13.4. The van der Waals surface area contributed by atoms with Gasteiger partial charge in [0.1, 0.15) is 0 Å². The third-order valence-electron chi connectivity index (χ3n) is 3.48. The molecule has 2 unspecified atom stereocenters. The van der Waals surface area contributed by atoms with Crippen LogP contribution in [0.1, 0.15) is 58.8 Å². The van der Waals surface area contributed by atoms with Gasteiger partial charge in [0.05, 0.1) is 13.0 Å². The summed E-state index contributed by atoms with van der Waals surface area (Å²) < 4.78 is 4.80. The Kier molecular flexibility index (Phi) is 6.76. The molecule has 0 heterocycles. The summed E-state index contributed by atoms with van der Waals surface area (Å²) in [5, 5.41) is 3.03. The zero-order valence-electron chi connectivity index (χ0n) is 11.5. The summed E-state index contributed by atoms with van der Waals surface area (Å²) in [6.45, 7) is 4.41. The van der Waals surface area contributed by atoms with Gasteiger partial charge < -0.3 is 10.1 Å². The standard InChI is InChI=1S/C14H25NO3/c1-3-18-14(17)10-9-13(16)15-12-6-4-5-11(2)7-8-12/h11-12H,3-10H2,1-2H3,(H,15,16). The fraction of sp³-hybridized carbons (Fsp3) is 0.857. The Bertz CT molecular complexity index is 278. The Morgan fingerprint density at radius 3 is 2.67 bits per heavy atom. The van der Waals surface area contributed by atoms with Gasteiger partial charge in [0.25, 0.3) is 0 Å². The van der Waals surface area contributed by atoms with Crippen molar-refractivity contribution in [2.75, 3.05) is 6.61 Å². The highest BCUT2D eigenvalue weighted by atomic mass is 16.5. The predicted octanol–water partition coefficient (Wildman–Crippen LogP) is 2.41. The minimum Gasteiger partial charge on any atom is -0.466 e. The maximum atomic E-state index is 11.7. The van der Waals surface area contributed by atoms with Crippen LogP contribution in [-0.4, -0.2) is 24.5 Å². The number of esters is 1. The van der Waals surface area contributed by atoms with Crippen molar-refractivity contribution >= 4 is 11.9 Å². The molecule has 1 N–H and O–H groups in total. The maximum absolute atomic E-state index is 11.7. The Balaban J connectivity index is 2.20. The lowest BCUT2D eigenvalue weighted by Gasteiger charge is -2.16. The van der Waals surface area contributed by atoms with E-state index in [0.29, 0.717) is 12.6 Å². The molecule has 0 radical (unpaired) electrons. The fourth-order valence-electron chi connectivity index (χ4n) is 2.38. The van der Waals surface area contributed by atoms with Gasteiger partial charge in [-0.15, -0.1) is 0 Å². The monoisotopic (exact) mass is 255 g/mol. The summed E-state index contributed by atoms with van der Waals surface area (Å²) in [5.74, 6) is 0.455. The number of hydrogen-bond acceptors (Lipinski definition) is 3. The smallest absolute Gasteiger partial charge is 0.306 e. The predicted molar refractivity (Wildman–Crippen MR) is 70.0 cm³/mol. The van der Waals surface area contributed by atoms with Crippen LogP contribution in [-0.2, 0) is 14.3 Å². The van der Waals surface area contributed by atoms with Gasteiger partial charge in [-0.1, -0.05) is 19.8 Å². The van der Waals surface area contributed by atoms with Gasteiger partial charge in [0, 0.05) is 12.5 Å². The lowest BCUT2D eigenvalue weighted by atomic mass is 10.0. The van der Waals surface area contributed by atoms with E-state index >= 15 is 0 Å². The molecule has 4 nitrogen and oxygen atoms in total. The Hall–Kier alpha value is -1.06. The summed E-state index contributed by atoms with van der Waals surface area (Å²) in [6, 6.07) is 0.296. The third-order valence-corrected chi connectivity index (χ3v) is 3.48. The highest BCUT2D eigenvalue weighted by molar-refractivity contribution is 5.81. The van der Waals surface area contributed by atoms with Crippen molar-refractivity contribution in [3.8, 4) is 0 Å². The van der Waals surface area contributed by atoms with Crippen LogP contribution in [0.2, 0.25) is 0 Å². The second-order valence-electron chi connectivity index (χ2n) is 5.18. The molecule has 0 aromatic carbocycles. The van der Waals surface area contributed by atoms with E-state index in [0.717, 1.165) is 18.8 Å². The molecule has 0 bridgehead atoms. The zero-order valence-corrected chi connectivity index (χ0v) is 11.5. The summed E-state index contributed by atoms with van der Waals surface area (Å²) >= 11 is 0. The SMILES string of the molecule is CCOC(=O)CCC(=O)NC1CCCC(C)CC1. The van der Waals surface area contributed by atoms with E-state index in [4.69, 9.17) is 4.74 Å². The molecule has 0 aromatic rings. The Morgan fingerprint density at radius 2 is 1.94 bits per heavy atom. The van der Waals surface area contributed by atoms with E-state index in [-0.39, 0.29) is 24.7 Å². The van der Waals surface area contributed by atoms with Crippen LogP contribution in [0.15, 0.2) is 0 Å². The average Bonchev–Trinajstić information content (AvgIpc) is 2.52. The molecule has 0 aliphatic heterocycles. The van der Waals surface area contributed by atoms with E-state index in [9.17, 15) is 9.59 Å². The number of amides is 1. The quantitative estimate of drug-likeness (QED) is 0.606. The number of carbonyl (C=O) groups is 2. The second kappa shape index (κ2) is 8.11. The van der Waals surface area contributed by atoms with Gasteiger partial charge in [-0.25, -0.2) is 0 Å². The molecule has 0 spiro atoms. The molecule has 4 heteroatoms. The number of nitrogens with one attached hydrogen (secondary N) is 1. The van der Waals surface area contributed by atoms with Crippen LogP contribution in [0.3, 0.4) is 0 Å². The molecule has 1 fully saturated rings. The van der Waals surface area contributed by atoms with Crippen molar-refractivity contribution in [3.05, 3.63) is 0 Å². The van der Waals surface area contributed by atoms with Gasteiger partial charge in [-0.05, 0) is 32.1 Å². The van der Waals surface area contributed by atoms with Crippen LogP contribution in [0.5, 0.6) is 0 Å². The first-order valence-corrected chi connectivity index (χ1v) is 7.06. The number of carbonyl (C=O) groups excluding carboxylic acids is 2. The minimum absolute atomic E-state index is 0.0254. The highest BCUT2D eigenvalue weighted by Crippen LogP contribution is 2.22. The maximum Gasteiger partial charge on any atom is 0.306 e. The van der Waals surface area contributed by atoms with Crippen molar-refractivity contribution in [1.29, 1.82) is 0 Å². The average molecular weight is 255 g/mol. The van der Waals surface area contributed by atoms with E-state index in [2.05, 4.69) is 12.2 Å². The number of rotatable bonds is 5.